The molecule has 3 aliphatic rings. The summed E-state index contributed by atoms with van der Waals surface area (Å²) in [5.41, 5.74) is 1.78. The molecule has 3 N–H and O–H groups in total. The van der Waals surface area contributed by atoms with Gasteiger partial charge >= 0.3 is 5.97 Å². The Balaban J connectivity index is 0.000000179. The second kappa shape index (κ2) is 10.8. The number of aromatic nitrogens is 1. The van der Waals surface area contributed by atoms with E-state index >= 15 is 0 Å². The van der Waals surface area contributed by atoms with E-state index < -0.39 is 12.1 Å². The monoisotopic (exact) mass is 512 g/mol. The maximum absolute atomic E-state index is 11.2. The molecule has 7 rings (SSSR count). The number of carbonyl (C=O) groups is 1. The second-order valence-electron chi connectivity index (χ2n) is 10.00. The summed E-state index contributed by atoms with van der Waals surface area (Å²) in [7, 11) is 1.66. The highest BCUT2D eigenvalue weighted by Gasteiger charge is 2.42. The number of ether oxygens (including phenoxy) is 1. The highest BCUT2D eigenvalue weighted by Crippen LogP contribution is 2.42. The van der Waals surface area contributed by atoms with E-state index in [1.54, 1.807) is 19.4 Å². The fraction of sp³-hybridized carbons (Fsp3) is 0.290. The number of methoxy groups -OCH3 is 1. The van der Waals surface area contributed by atoms with Crippen molar-refractivity contribution in [3.05, 3.63) is 90.6 Å². The highest BCUT2D eigenvalue weighted by atomic mass is 16.5. The van der Waals surface area contributed by atoms with Crippen LogP contribution in [-0.4, -0.2) is 57.4 Å². The Morgan fingerprint density at radius 2 is 1.92 bits per heavy atom. The van der Waals surface area contributed by atoms with Gasteiger partial charge in [-0.15, -0.1) is 6.58 Å². The van der Waals surface area contributed by atoms with Crippen molar-refractivity contribution in [2.45, 2.75) is 25.0 Å². The first-order valence-corrected chi connectivity index (χ1v) is 12.8. The van der Waals surface area contributed by atoms with E-state index in [1.165, 1.54) is 18.6 Å². The van der Waals surface area contributed by atoms with Crippen LogP contribution in [0.2, 0.25) is 0 Å². The fourth-order valence-electron chi connectivity index (χ4n) is 5.84. The Labute approximate surface area is 221 Å². The standard InChI is InChI=1S/C20H24N2O2.C11H8O3/c1-3-13-12-22-9-7-14(13)10-19(22)20(23)16-6-8-21-18-5-4-15(24-2)11-17(16)18;12-10-6-8-4-2-1-3-7(8)5-9(10)11(13)14/h3-6,8,11,13-14,19-20,23H,1,7,9-10,12H2,2H3;1-6,12H,(H,13,14)/t13-,14-,19+,20-;/m0./s1. The number of aromatic hydroxyl groups is 1. The summed E-state index contributed by atoms with van der Waals surface area (Å²) < 4.78 is 5.35. The average molecular weight is 513 g/mol. The fourth-order valence-corrected chi connectivity index (χ4v) is 5.84. The number of hydrogen-bond acceptors (Lipinski definition) is 6. The number of fused-ring (bicyclic) bond motifs is 5. The number of carboxylic acids is 1. The van der Waals surface area contributed by atoms with Gasteiger partial charge in [-0.25, -0.2) is 4.79 Å². The minimum atomic E-state index is -1.12. The number of phenols is 1. The molecule has 2 bridgehead atoms. The topological polar surface area (TPSA) is 103 Å². The molecule has 1 aromatic heterocycles. The first-order chi connectivity index (χ1) is 18.4. The molecular weight excluding hydrogens is 480 g/mol. The minimum absolute atomic E-state index is 0.0660. The van der Waals surface area contributed by atoms with Crippen LogP contribution in [0.4, 0.5) is 0 Å². The lowest BCUT2D eigenvalue weighted by Crippen LogP contribution is -2.54. The van der Waals surface area contributed by atoms with Gasteiger partial charge in [0.15, 0.2) is 0 Å². The number of rotatable bonds is 5. The number of aliphatic hydroxyl groups excluding tert-OH is 1. The van der Waals surface area contributed by atoms with Crippen molar-refractivity contribution in [1.29, 1.82) is 0 Å². The normalized spacial score (nSPS) is 22.9. The van der Waals surface area contributed by atoms with Crippen LogP contribution in [0.15, 0.2) is 79.5 Å². The summed E-state index contributed by atoms with van der Waals surface area (Å²) in [6.45, 7) is 6.07. The minimum Gasteiger partial charge on any atom is -0.507 e. The van der Waals surface area contributed by atoms with Gasteiger partial charge in [-0.05, 0) is 84.0 Å². The highest BCUT2D eigenvalue weighted by molar-refractivity contribution is 5.97. The van der Waals surface area contributed by atoms with Gasteiger partial charge in [0.25, 0.3) is 0 Å². The van der Waals surface area contributed by atoms with Gasteiger partial charge in [-0.2, -0.15) is 0 Å². The van der Waals surface area contributed by atoms with Gasteiger partial charge < -0.3 is 20.1 Å². The molecule has 3 saturated heterocycles. The number of pyridine rings is 1. The lowest BCUT2D eigenvalue weighted by molar-refractivity contribution is -0.0444. The van der Waals surface area contributed by atoms with Gasteiger partial charge in [0.05, 0.1) is 18.7 Å². The van der Waals surface area contributed by atoms with Gasteiger partial charge in [0.2, 0.25) is 0 Å². The van der Waals surface area contributed by atoms with Crippen LogP contribution in [-0.2, 0) is 0 Å². The average Bonchev–Trinajstić information content (AvgIpc) is 2.96. The van der Waals surface area contributed by atoms with E-state index in [1.807, 2.05) is 42.5 Å². The maximum atomic E-state index is 11.2. The molecule has 7 heteroatoms. The lowest BCUT2D eigenvalue weighted by atomic mass is 9.73. The Hall–Kier alpha value is -3.94. The number of piperidine rings is 3. The van der Waals surface area contributed by atoms with Crippen LogP contribution >= 0.6 is 0 Å². The molecule has 0 radical (unpaired) electrons. The molecule has 196 valence electrons. The Bertz CT molecular complexity index is 1490. The molecule has 4 heterocycles. The first-order valence-electron chi connectivity index (χ1n) is 12.8. The van der Waals surface area contributed by atoms with Gasteiger partial charge in [-0.1, -0.05) is 30.3 Å². The van der Waals surface area contributed by atoms with Crippen LogP contribution in [0, 0.1) is 11.8 Å². The van der Waals surface area contributed by atoms with Crippen molar-refractivity contribution in [3.8, 4) is 11.5 Å². The van der Waals surface area contributed by atoms with E-state index in [0.29, 0.717) is 11.8 Å². The summed E-state index contributed by atoms with van der Waals surface area (Å²) in [6, 6.07) is 18.2. The van der Waals surface area contributed by atoms with Crippen LogP contribution in [0.5, 0.6) is 11.5 Å². The predicted octanol–water partition coefficient (Wildman–Crippen LogP) is 5.42. The third-order valence-corrected chi connectivity index (χ3v) is 7.91. The zero-order valence-corrected chi connectivity index (χ0v) is 21.3. The van der Waals surface area contributed by atoms with Crippen molar-refractivity contribution < 1.29 is 24.9 Å². The molecule has 1 unspecified atom stereocenters. The van der Waals surface area contributed by atoms with Gasteiger partial charge in [-0.3, -0.25) is 9.88 Å². The Morgan fingerprint density at radius 3 is 2.58 bits per heavy atom. The van der Waals surface area contributed by atoms with E-state index in [2.05, 4.69) is 22.5 Å². The largest absolute Gasteiger partial charge is 0.507 e. The first kappa shape index (κ1) is 25.7. The molecule has 0 spiro atoms. The molecule has 38 heavy (non-hydrogen) atoms. The summed E-state index contributed by atoms with van der Waals surface area (Å²) >= 11 is 0. The van der Waals surface area contributed by atoms with Gasteiger partial charge in [0, 0.05) is 24.2 Å². The molecule has 3 fully saturated rings. The van der Waals surface area contributed by atoms with Crippen molar-refractivity contribution in [1.82, 2.24) is 9.88 Å². The second-order valence-corrected chi connectivity index (χ2v) is 10.00. The molecule has 3 aromatic carbocycles. The van der Waals surface area contributed by atoms with Crippen LogP contribution in [0.1, 0.15) is 34.9 Å². The molecule has 3 aliphatic heterocycles. The molecular formula is C31H32N2O5. The van der Waals surface area contributed by atoms with Crippen LogP contribution in [0.3, 0.4) is 0 Å². The number of carboxylic acid groups (broad SMARTS) is 1. The quantitative estimate of drug-likeness (QED) is 0.307. The number of benzene rings is 3. The molecule has 0 aliphatic carbocycles. The summed E-state index contributed by atoms with van der Waals surface area (Å²) in [5, 5.41) is 31.9. The Kier molecular flexibility index (Phi) is 7.31. The third-order valence-electron chi connectivity index (χ3n) is 7.91. The van der Waals surface area contributed by atoms with Crippen molar-refractivity contribution in [2.75, 3.05) is 20.2 Å². The Morgan fingerprint density at radius 1 is 1.16 bits per heavy atom. The number of aliphatic hydroxyl groups is 1. The molecule has 5 atom stereocenters. The van der Waals surface area contributed by atoms with E-state index in [0.717, 1.165) is 52.5 Å². The number of aromatic carboxylic acids is 1. The third kappa shape index (κ3) is 4.95. The zero-order chi connectivity index (χ0) is 26.8. The summed E-state index contributed by atoms with van der Waals surface area (Å²) in [5.74, 6) is 0.692. The molecule has 0 amide bonds. The van der Waals surface area contributed by atoms with E-state index in [-0.39, 0.29) is 17.4 Å². The zero-order valence-electron chi connectivity index (χ0n) is 21.3. The van der Waals surface area contributed by atoms with Crippen molar-refractivity contribution in [2.24, 2.45) is 11.8 Å². The number of nitrogens with zero attached hydrogens (tertiary/aromatic N) is 2. The lowest BCUT2D eigenvalue weighted by Gasteiger charge is -2.50. The van der Waals surface area contributed by atoms with Gasteiger partial charge in [0.1, 0.15) is 17.1 Å². The van der Waals surface area contributed by atoms with Crippen LogP contribution < -0.4 is 4.74 Å². The summed E-state index contributed by atoms with van der Waals surface area (Å²) in [4.78, 5) is 17.6. The van der Waals surface area contributed by atoms with Crippen molar-refractivity contribution >= 4 is 27.6 Å². The van der Waals surface area contributed by atoms with E-state index in [9.17, 15) is 15.0 Å². The molecule has 4 aromatic rings. The van der Waals surface area contributed by atoms with Crippen LogP contribution in [0.25, 0.3) is 21.7 Å². The predicted molar refractivity (Wildman–Crippen MR) is 148 cm³/mol. The molecule has 7 nitrogen and oxygen atoms in total. The smallest absolute Gasteiger partial charge is 0.339 e. The molecule has 0 saturated carbocycles. The SMILES string of the molecule is C=C[C@H]1CN2CC[C@H]1C[C@@H]2[C@@H](O)c1ccnc2ccc(OC)cc12.O=C(O)c1cc2ccccc2cc1O. The maximum Gasteiger partial charge on any atom is 0.339 e. The van der Waals surface area contributed by atoms with E-state index in [4.69, 9.17) is 9.84 Å². The summed E-state index contributed by atoms with van der Waals surface area (Å²) in [6.07, 6.45) is 5.62. The number of hydrogen-bond donors (Lipinski definition) is 3. The van der Waals surface area contributed by atoms with Crippen molar-refractivity contribution in [3.63, 3.8) is 0 Å².